The van der Waals surface area contributed by atoms with E-state index in [2.05, 4.69) is 90.7 Å². The van der Waals surface area contributed by atoms with Crippen molar-refractivity contribution in [2.75, 3.05) is 0 Å². The zero-order valence-corrected chi connectivity index (χ0v) is 21.9. The molecule has 1 aliphatic carbocycles. The van der Waals surface area contributed by atoms with Crippen molar-refractivity contribution in [2.45, 2.75) is 112 Å². The molecule has 31 heavy (non-hydrogen) atoms. The van der Waals surface area contributed by atoms with Crippen LogP contribution in [0, 0.1) is 29.6 Å². The molecule has 1 N–H and O–H groups in total. The molecule has 1 heteroatoms. The van der Waals surface area contributed by atoms with E-state index in [1.807, 2.05) is 0 Å². The predicted molar refractivity (Wildman–Crippen MR) is 141 cm³/mol. The van der Waals surface area contributed by atoms with Crippen molar-refractivity contribution in [3.05, 3.63) is 48.2 Å². The number of hydrogen-bond acceptors (Lipinski definition) is 1. The summed E-state index contributed by atoms with van der Waals surface area (Å²) in [5.41, 5.74) is 2.52. The number of hydrogen-bond donors (Lipinski definition) is 1. The van der Waals surface area contributed by atoms with Crippen molar-refractivity contribution in [3.8, 4) is 0 Å². The molecule has 0 aromatic carbocycles. The largest absolute Gasteiger partial charge is 0.383 e. The lowest BCUT2D eigenvalue weighted by Gasteiger charge is -2.39. The summed E-state index contributed by atoms with van der Waals surface area (Å²) in [6.45, 7) is 20.5. The summed E-state index contributed by atoms with van der Waals surface area (Å²) in [6, 6.07) is 0.554. The summed E-state index contributed by atoms with van der Waals surface area (Å²) >= 11 is 0. The molecule has 0 heterocycles. The SMILES string of the molecule is C=C(/C=C\C(C)CC)NC1CC(C)C(C/C=C(C)/C=C/C(CC)CCCCC)CC1C. The van der Waals surface area contributed by atoms with Gasteiger partial charge in [-0.1, -0.05) is 104 Å². The van der Waals surface area contributed by atoms with E-state index in [0.717, 1.165) is 23.5 Å². The molecule has 0 aromatic heterocycles. The summed E-state index contributed by atoms with van der Waals surface area (Å²) in [4.78, 5) is 0. The van der Waals surface area contributed by atoms with Gasteiger partial charge in [-0.25, -0.2) is 0 Å². The van der Waals surface area contributed by atoms with E-state index in [1.165, 1.54) is 63.4 Å². The molecule has 1 fully saturated rings. The highest BCUT2D eigenvalue weighted by Crippen LogP contribution is 2.36. The van der Waals surface area contributed by atoms with Crippen molar-refractivity contribution in [1.82, 2.24) is 5.32 Å². The van der Waals surface area contributed by atoms with Gasteiger partial charge in [0.1, 0.15) is 0 Å². The van der Waals surface area contributed by atoms with Crippen molar-refractivity contribution in [3.63, 3.8) is 0 Å². The molecule has 0 bridgehead atoms. The highest BCUT2D eigenvalue weighted by atomic mass is 14.9. The highest BCUT2D eigenvalue weighted by Gasteiger charge is 2.32. The number of nitrogens with one attached hydrogen (secondary N) is 1. The van der Waals surface area contributed by atoms with Crippen LogP contribution in [0.25, 0.3) is 0 Å². The van der Waals surface area contributed by atoms with Crippen LogP contribution < -0.4 is 5.32 Å². The summed E-state index contributed by atoms with van der Waals surface area (Å²) in [5.74, 6) is 3.62. The van der Waals surface area contributed by atoms with E-state index in [4.69, 9.17) is 0 Å². The fourth-order valence-electron chi connectivity index (χ4n) is 4.72. The first-order chi connectivity index (χ1) is 14.8. The fraction of sp³-hybridized carbons (Fsp3) is 0.733. The molecule has 6 unspecified atom stereocenters. The van der Waals surface area contributed by atoms with E-state index < -0.39 is 0 Å². The second-order valence-electron chi connectivity index (χ2n) is 10.4. The lowest BCUT2D eigenvalue weighted by molar-refractivity contribution is 0.163. The molecular formula is C30H53N. The standard InChI is InChI=1S/C30H53N/c1-9-12-13-14-28(11-3)19-16-24(5)17-20-29-21-26(7)30(22-25(29)6)31-27(8)18-15-23(4)10-2/h15-19,23,25-26,28-31H,8-14,20-22H2,1-7H3/b18-15-,19-16+,24-17+. The molecule has 0 aliphatic heterocycles. The number of unbranched alkanes of at least 4 members (excludes halogenated alkanes) is 2. The molecule has 0 radical (unpaired) electrons. The Morgan fingerprint density at radius 2 is 1.74 bits per heavy atom. The minimum Gasteiger partial charge on any atom is -0.383 e. The van der Waals surface area contributed by atoms with Crippen LogP contribution in [0.15, 0.2) is 48.2 Å². The number of allylic oxidation sites excluding steroid dienone is 6. The van der Waals surface area contributed by atoms with Gasteiger partial charge in [0, 0.05) is 11.7 Å². The van der Waals surface area contributed by atoms with Crippen LogP contribution in [0.5, 0.6) is 0 Å². The van der Waals surface area contributed by atoms with Crippen LogP contribution in [0.1, 0.15) is 106 Å². The topological polar surface area (TPSA) is 12.0 Å². The molecule has 0 amide bonds. The molecule has 6 atom stereocenters. The summed E-state index contributed by atoms with van der Waals surface area (Å²) in [5, 5.41) is 3.72. The van der Waals surface area contributed by atoms with E-state index in [1.54, 1.807) is 0 Å². The van der Waals surface area contributed by atoms with Crippen LogP contribution in [0.4, 0.5) is 0 Å². The van der Waals surface area contributed by atoms with Gasteiger partial charge in [-0.05, 0) is 74.7 Å². The lowest BCUT2D eigenvalue weighted by atomic mass is 9.71. The summed E-state index contributed by atoms with van der Waals surface area (Å²) in [7, 11) is 0. The van der Waals surface area contributed by atoms with Gasteiger partial charge < -0.3 is 5.32 Å². The highest BCUT2D eigenvalue weighted by molar-refractivity contribution is 5.17. The average molecular weight is 428 g/mol. The molecule has 0 spiro atoms. The van der Waals surface area contributed by atoms with Crippen molar-refractivity contribution in [1.29, 1.82) is 0 Å². The second kappa shape index (κ2) is 15.5. The maximum absolute atomic E-state index is 4.24. The van der Waals surface area contributed by atoms with E-state index in [9.17, 15) is 0 Å². The van der Waals surface area contributed by atoms with E-state index >= 15 is 0 Å². The third kappa shape index (κ3) is 11.3. The monoisotopic (exact) mass is 427 g/mol. The van der Waals surface area contributed by atoms with Gasteiger partial charge >= 0.3 is 0 Å². The molecular weight excluding hydrogens is 374 g/mol. The van der Waals surface area contributed by atoms with Gasteiger partial charge in [-0.15, -0.1) is 0 Å². The molecule has 0 aromatic rings. The van der Waals surface area contributed by atoms with Crippen molar-refractivity contribution >= 4 is 0 Å². The van der Waals surface area contributed by atoms with Crippen LogP contribution >= 0.6 is 0 Å². The number of rotatable bonds is 14. The zero-order chi connectivity index (χ0) is 23.2. The fourth-order valence-corrected chi connectivity index (χ4v) is 4.72. The Labute approximate surface area is 195 Å². The van der Waals surface area contributed by atoms with Gasteiger partial charge in [-0.2, -0.15) is 0 Å². The first kappa shape index (κ1) is 27.8. The van der Waals surface area contributed by atoms with Crippen LogP contribution in [0.3, 0.4) is 0 Å². The molecule has 1 rings (SSSR count). The minimum atomic E-state index is 0.554. The van der Waals surface area contributed by atoms with Crippen molar-refractivity contribution < 1.29 is 0 Å². The maximum atomic E-state index is 4.24. The van der Waals surface area contributed by atoms with Gasteiger partial charge in [0.15, 0.2) is 0 Å². The first-order valence-electron chi connectivity index (χ1n) is 13.3. The molecule has 1 nitrogen and oxygen atoms in total. The van der Waals surface area contributed by atoms with Crippen LogP contribution in [-0.4, -0.2) is 6.04 Å². The quantitative estimate of drug-likeness (QED) is 0.215. The first-order valence-corrected chi connectivity index (χ1v) is 13.3. The Bertz CT molecular complexity index is 581. The lowest BCUT2D eigenvalue weighted by Crippen LogP contribution is -2.41. The average Bonchev–Trinajstić information content (AvgIpc) is 2.75. The molecule has 0 saturated heterocycles. The third-order valence-electron chi connectivity index (χ3n) is 7.51. The Morgan fingerprint density at radius 3 is 2.39 bits per heavy atom. The second-order valence-corrected chi connectivity index (χ2v) is 10.4. The summed E-state index contributed by atoms with van der Waals surface area (Å²) < 4.78 is 0. The predicted octanol–water partition coefficient (Wildman–Crippen LogP) is 9.24. The van der Waals surface area contributed by atoms with Gasteiger partial charge in [0.2, 0.25) is 0 Å². The van der Waals surface area contributed by atoms with Gasteiger partial charge in [-0.3, -0.25) is 0 Å². The maximum Gasteiger partial charge on any atom is 0.0289 e. The third-order valence-corrected chi connectivity index (χ3v) is 7.51. The Balaban J connectivity index is 2.52. The van der Waals surface area contributed by atoms with Gasteiger partial charge in [0.25, 0.3) is 0 Å². The Morgan fingerprint density at radius 1 is 1.00 bits per heavy atom. The minimum absolute atomic E-state index is 0.554. The molecule has 178 valence electrons. The van der Waals surface area contributed by atoms with Crippen LogP contribution in [-0.2, 0) is 0 Å². The van der Waals surface area contributed by atoms with Gasteiger partial charge in [0.05, 0.1) is 0 Å². The normalized spacial score (nSPS) is 27.0. The van der Waals surface area contributed by atoms with E-state index in [-0.39, 0.29) is 0 Å². The smallest absolute Gasteiger partial charge is 0.0289 e. The van der Waals surface area contributed by atoms with E-state index in [0.29, 0.717) is 17.9 Å². The molecule has 1 saturated carbocycles. The Hall–Kier alpha value is -1.24. The van der Waals surface area contributed by atoms with Crippen LogP contribution in [0.2, 0.25) is 0 Å². The molecule has 1 aliphatic rings. The zero-order valence-electron chi connectivity index (χ0n) is 21.9. The summed E-state index contributed by atoms with van der Waals surface area (Å²) in [6.07, 6.45) is 23.4. The van der Waals surface area contributed by atoms with Crippen molar-refractivity contribution in [2.24, 2.45) is 29.6 Å². The Kier molecular flexibility index (Phi) is 13.9.